The van der Waals surface area contributed by atoms with E-state index in [1.807, 2.05) is 39.8 Å². The van der Waals surface area contributed by atoms with Crippen molar-refractivity contribution in [3.8, 4) is 11.5 Å². The van der Waals surface area contributed by atoms with Gasteiger partial charge in [0.05, 0.1) is 12.2 Å². The molecule has 3 heteroatoms. The molecule has 0 fully saturated rings. The van der Waals surface area contributed by atoms with Crippen molar-refractivity contribution in [1.29, 1.82) is 0 Å². The van der Waals surface area contributed by atoms with Crippen LogP contribution in [-0.2, 0) is 6.54 Å². The van der Waals surface area contributed by atoms with Crippen molar-refractivity contribution in [2.24, 2.45) is 5.41 Å². The second-order valence-corrected chi connectivity index (χ2v) is 7.27. The molecule has 3 nitrogen and oxygen atoms in total. The molecule has 0 saturated carbocycles. The van der Waals surface area contributed by atoms with E-state index >= 15 is 0 Å². The van der Waals surface area contributed by atoms with Gasteiger partial charge < -0.3 is 14.8 Å². The number of benzene rings is 1. The Balaban J connectivity index is 2.81. The first-order valence-corrected chi connectivity index (χ1v) is 7.84. The quantitative estimate of drug-likeness (QED) is 0.808. The Morgan fingerprint density at radius 2 is 1.62 bits per heavy atom. The fraction of sp³-hybridized carbons (Fsp3) is 0.667. The lowest BCUT2D eigenvalue weighted by atomic mass is 9.97. The summed E-state index contributed by atoms with van der Waals surface area (Å²) in [4.78, 5) is 0. The van der Waals surface area contributed by atoms with Gasteiger partial charge in [-0.15, -0.1) is 0 Å². The van der Waals surface area contributed by atoms with E-state index in [-0.39, 0.29) is 17.6 Å². The maximum absolute atomic E-state index is 5.93. The molecule has 0 aliphatic carbocycles. The summed E-state index contributed by atoms with van der Waals surface area (Å²) in [5, 5.41) is 3.49. The van der Waals surface area contributed by atoms with E-state index in [1.54, 1.807) is 0 Å². The Labute approximate surface area is 130 Å². The number of rotatable bonds is 7. The van der Waals surface area contributed by atoms with E-state index in [0.717, 1.165) is 24.6 Å². The molecule has 1 aromatic carbocycles. The second-order valence-electron chi connectivity index (χ2n) is 7.27. The molecular formula is C18H31NO2. The fourth-order valence-electron chi connectivity index (χ4n) is 1.96. The van der Waals surface area contributed by atoms with E-state index in [1.165, 1.54) is 5.56 Å². The lowest BCUT2D eigenvalue weighted by molar-refractivity contribution is 0.227. The van der Waals surface area contributed by atoms with Crippen LogP contribution >= 0.6 is 0 Å². The van der Waals surface area contributed by atoms with Gasteiger partial charge in [-0.25, -0.2) is 0 Å². The second kappa shape index (κ2) is 7.69. The predicted molar refractivity (Wildman–Crippen MR) is 89.1 cm³/mol. The first-order valence-electron chi connectivity index (χ1n) is 7.84. The highest BCUT2D eigenvalue weighted by molar-refractivity contribution is 5.41. The summed E-state index contributed by atoms with van der Waals surface area (Å²) < 4.78 is 11.7. The van der Waals surface area contributed by atoms with Crippen LogP contribution in [0.15, 0.2) is 18.2 Å². The molecular weight excluding hydrogens is 262 g/mol. The van der Waals surface area contributed by atoms with Gasteiger partial charge in [-0.1, -0.05) is 26.8 Å². The van der Waals surface area contributed by atoms with Crippen molar-refractivity contribution in [3.05, 3.63) is 23.8 Å². The monoisotopic (exact) mass is 293 g/mol. The first-order chi connectivity index (χ1) is 9.67. The van der Waals surface area contributed by atoms with Crippen LogP contribution in [0.1, 0.15) is 54.0 Å². The number of hydrogen-bond acceptors (Lipinski definition) is 3. The van der Waals surface area contributed by atoms with Gasteiger partial charge in [0.1, 0.15) is 11.5 Å². The van der Waals surface area contributed by atoms with Crippen molar-refractivity contribution in [2.75, 3.05) is 6.54 Å². The first kappa shape index (κ1) is 17.8. The van der Waals surface area contributed by atoms with Gasteiger partial charge in [-0.3, -0.25) is 0 Å². The van der Waals surface area contributed by atoms with Gasteiger partial charge >= 0.3 is 0 Å². The fourth-order valence-corrected chi connectivity index (χ4v) is 1.96. The molecule has 0 bridgehead atoms. The van der Waals surface area contributed by atoms with Crippen molar-refractivity contribution >= 4 is 0 Å². The minimum Gasteiger partial charge on any atom is -0.491 e. The molecule has 0 aliphatic rings. The van der Waals surface area contributed by atoms with Gasteiger partial charge in [0.15, 0.2) is 0 Å². The molecule has 0 aromatic heterocycles. The molecule has 0 unspecified atom stereocenters. The van der Waals surface area contributed by atoms with E-state index in [0.29, 0.717) is 0 Å². The van der Waals surface area contributed by atoms with Crippen molar-refractivity contribution in [2.45, 2.75) is 67.2 Å². The highest BCUT2D eigenvalue weighted by Crippen LogP contribution is 2.27. The molecule has 1 rings (SSSR count). The smallest absolute Gasteiger partial charge is 0.127 e. The molecule has 21 heavy (non-hydrogen) atoms. The van der Waals surface area contributed by atoms with E-state index in [9.17, 15) is 0 Å². The third-order valence-electron chi connectivity index (χ3n) is 2.74. The van der Waals surface area contributed by atoms with Crippen molar-refractivity contribution in [3.63, 3.8) is 0 Å². The molecule has 0 radical (unpaired) electrons. The topological polar surface area (TPSA) is 30.5 Å². The molecule has 0 amide bonds. The Morgan fingerprint density at radius 1 is 1.00 bits per heavy atom. The maximum Gasteiger partial charge on any atom is 0.127 e. The van der Waals surface area contributed by atoms with Gasteiger partial charge in [0.2, 0.25) is 0 Å². The molecule has 0 heterocycles. The SMILES string of the molecule is CC(C)Oc1ccc(CNCC(C)(C)C)c(OC(C)C)c1. The summed E-state index contributed by atoms with van der Waals surface area (Å²) in [7, 11) is 0. The highest BCUT2D eigenvalue weighted by Gasteiger charge is 2.12. The van der Waals surface area contributed by atoms with Crippen LogP contribution in [0, 0.1) is 5.41 Å². The molecule has 0 atom stereocenters. The number of ether oxygens (including phenoxy) is 2. The van der Waals surface area contributed by atoms with Crippen LogP contribution < -0.4 is 14.8 Å². The van der Waals surface area contributed by atoms with Crippen LogP contribution in [-0.4, -0.2) is 18.8 Å². The summed E-state index contributed by atoms with van der Waals surface area (Å²) >= 11 is 0. The van der Waals surface area contributed by atoms with Crippen LogP contribution in [0.2, 0.25) is 0 Å². The zero-order valence-corrected chi connectivity index (χ0v) is 14.6. The van der Waals surface area contributed by atoms with Crippen molar-refractivity contribution in [1.82, 2.24) is 5.32 Å². The minimum atomic E-state index is 0.153. The van der Waals surface area contributed by atoms with Crippen LogP contribution in [0.25, 0.3) is 0 Å². The van der Waals surface area contributed by atoms with E-state index in [2.05, 4.69) is 32.2 Å². The van der Waals surface area contributed by atoms with Crippen molar-refractivity contribution < 1.29 is 9.47 Å². The van der Waals surface area contributed by atoms with Crippen LogP contribution in [0.4, 0.5) is 0 Å². The summed E-state index contributed by atoms with van der Waals surface area (Å²) in [6, 6.07) is 6.10. The van der Waals surface area contributed by atoms with Gasteiger partial charge in [-0.05, 0) is 39.2 Å². The standard InChI is InChI=1S/C18H31NO2/c1-13(2)20-16-9-8-15(11-19-12-18(5,6)7)17(10-16)21-14(3)4/h8-10,13-14,19H,11-12H2,1-7H3. The summed E-state index contributed by atoms with van der Waals surface area (Å²) in [6.45, 7) is 16.6. The normalized spacial score (nSPS) is 12.0. The third kappa shape index (κ3) is 7.37. The molecule has 120 valence electrons. The summed E-state index contributed by atoms with van der Waals surface area (Å²) in [5.74, 6) is 1.77. The minimum absolute atomic E-state index is 0.153. The number of hydrogen-bond donors (Lipinski definition) is 1. The molecule has 0 spiro atoms. The Morgan fingerprint density at radius 3 is 2.14 bits per heavy atom. The third-order valence-corrected chi connectivity index (χ3v) is 2.74. The number of nitrogens with one attached hydrogen (secondary N) is 1. The molecule has 0 saturated heterocycles. The predicted octanol–water partition coefficient (Wildman–Crippen LogP) is 4.40. The lowest BCUT2D eigenvalue weighted by Crippen LogP contribution is -2.26. The zero-order valence-electron chi connectivity index (χ0n) is 14.6. The molecule has 0 aliphatic heterocycles. The van der Waals surface area contributed by atoms with Gasteiger partial charge in [0, 0.05) is 24.7 Å². The summed E-state index contributed by atoms with van der Waals surface area (Å²) in [6.07, 6.45) is 0.322. The average molecular weight is 293 g/mol. The van der Waals surface area contributed by atoms with E-state index < -0.39 is 0 Å². The Kier molecular flexibility index (Phi) is 6.53. The average Bonchev–Trinajstić information content (AvgIpc) is 2.28. The van der Waals surface area contributed by atoms with Crippen LogP contribution in [0.3, 0.4) is 0 Å². The largest absolute Gasteiger partial charge is 0.491 e. The summed E-state index contributed by atoms with van der Waals surface area (Å²) in [5.41, 5.74) is 1.45. The highest BCUT2D eigenvalue weighted by atomic mass is 16.5. The Hall–Kier alpha value is -1.22. The molecule has 1 aromatic rings. The van der Waals surface area contributed by atoms with Crippen LogP contribution in [0.5, 0.6) is 11.5 Å². The Bertz CT molecular complexity index is 433. The van der Waals surface area contributed by atoms with Gasteiger partial charge in [0.25, 0.3) is 0 Å². The molecule has 1 N–H and O–H groups in total. The maximum atomic E-state index is 5.93. The van der Waals surface area contributed by atoms with E-state index in [4.69, 9.17) is 9.47 Å². The lowest BCUT2D eigenvalue weighted by Gasteiger charge is -2.21. The zero-order chi connectivity index (χ0) is 16.0. The van der Waals surface area contributed by atoms with Gasteiger partial charge in [-0.2, -0.15) is 0 Å².